The highest BCUT2D eigenvalue weighted by atomic mass is 32.2. The largest absolute Gasteiger partial charge is 0.469 e. The zero-order chi connectivity index (χ0) is 16.9. The van der Waals surface area contributed by atoms with Gasteiger partial charge in [0, 0.05) is 19.4 Å². The van der Waals surface area contributed by atoms with Gasteiger partial charge >= 0.3 is 5.97 Å². The number of carbonyl (C=O) groups excluding carboxylic acids is 1. The number of ether oxygens (including phenoxy) is 1. The van der Waals surface area contributed by atoms with Crippen LogP contribution in [0.15, 0.2) is 0 Å². The van der Waals surface area contributed by atoms with E-state index in [0.717, 1.165) is 32.6 Å². The Labute approximate surface area is 143 Å². The number of esters is 1. The van der Waals surface area contributed by atoms with Gasteiger partial charge in [-0.3, -0.25) is 4.79 Å². The van der Waals surface area contributed by atoms with Crippen molar-refractivity contribution in [2.75, 3.05) is 51.3 Å². The molecular weight excluding hydrogens is 338 g/mol. The summed E-state index contributed by atoms with van der Waals surface area (Å²) in [5, 5.41) is 3.89. The summed E-state index contributed by atoms with van der Waals surface area (Å²) in [5.41, 5.74) is 0. The van der Waals surface area contributed by atoms with Gasteiger partial charge in [0.25, 0.3) is 0 Å². The molecule has 0 unspecified atom stereocenters. The van der Waals surface area contributed by atoms with E-state index in [2.05, 4.69) is 15.0 Å². The van der Waals surface area contributed by atoms with Crippen molar-refractivity contribution in [3.63, 3.8) is 0 Å². The van der Waals surface area contributed by atoms with Crippen molar-refractivity contribution in [2.24, 2.45) is 0 Å². The smallest absolute Gasteiger partial charge is 0.305 e. The summed E-state index contributed by atoms with van der Waals surface area (Å²) in [4.78, 5) is 14.5. The average Bonchev–Trinajstić information content (AvgIpc) is 2.91. The molecule has 2 rings (SSSR count). The van der Waals surface area contributed by atoms with Gasteiger partial charge in [0.2, 0.25) is 0 Å². The normalized spacial score (nSPS) is 24.4. The molecule has 1 atom stereocenters. The maximum absolute atomic E-state index is 11.6. The number of hydrogen-bond donors (Lipinski definition) is 2. The molecule has 2 aliphatic heterocycles. The molecule has 23 heavy (non-hydrogen) atoms. The van der Waals surface area contributed by atoms with Crippen LogP contribution in [0.5, 0.6) is 0 Å². The molecule has 132 valence electrons. The maximum Gasteiger partial charge on any atom is 0.305 e. The summed E-state index contributed by atoms with van der Waals surface area (Å²) in [6, 6.07) is 0.253. The number of rotatable bonds is 5. The second-order valence-electron chi connectivity index (χ2n) is 6.16. The lowest BCUT2D eigenvalue weighted by Crippen LogP contribution is -3.18. The van der Waals surface area contributed by atoms with E-state index in [1.807, 2.05) is 0 Å². The first-order valence-corrected chi connectivity index (χ1v) is 10.3. The van der Waals surface area contributed by atoms with Crippen LogP contribution >= 0.6 is 12.2 Å². The quantitative estimate of drug-likeness (QED) is 0.339. The molecular formula is C14H26N3O4S2+. The Kier molecular flexibility index (Phi) is 6.60. The van der Waals surface area contributed by atoms with Crippen LogP contribution in [0.4, 0.5) is 0 Å². The van der Waals surface area contributed by atoms with Crippen LogP contribution in [0.25, 0.3) is 0 Å². The maximum atomic E-state index is 11.6. The van der Waals surface area contributed by atoms with E-state index < -0.39 is 9.84 Å². The minimum absolute atomic E-state index is 0.207. The highest BCUT2D eigenvalue weighted by molar-refractivity contribution is 7.91. The summed E-state index contributed by atoms with van der Waals surface area (Å²) in [6.45, 7) is 4.18. The van der Waals surface area contributed by atoms with Crippen LogP contribution in [0.2, 0.25) is 0 Å². The zero-order valence-corrected chi connectivity index (χ0v) is 15.2. The third-order valence-electron chi connectivity index (χ3n) is 4.56. The molecule has 2 N–H and O–H groups in total. The van der Waals surface area contributed by atoms with Gasteiger partial charge in [0.05, 0.1) is 39.0 Å². The molecule has 0 aliphatic carbocycles. The van der Waals surface area contributed by atoms with Gasteiger partial charge in [-0.1, -0.05) is 0 Å². The molecule has 0 saturated carbocycles. The monoisotopic (exact) mass is 364 g/mol. The summed E-state index contributed by atoms with van der Waals surface area (Å²) in [6.07, 6.45) is 1.87. The highest BCUT2D eigenvalue weighted by Gasteiger charge is 2.37. The first-order chi connectivity index (χ1) is 10.9. The molecule has 0 amide bonds. The predicted molar refractivity (Wildman–Crippen MR) is 91.2 cm³/mol. The SMILES string of the molecule is COC(=O)CCCNC(=S)N1CC[NH+]([C@@H]2CCS(=O)(=O)C2)CC1. The van der Waals surface area contributed by atoms with Gasteiger partial charge in [-0.15, -0.1) is 0 Å². The molecule has 0 radical (unpaired) electrons. The molecule has 0 bridgehead atoms. The van der Waals surface area contributed by atoms with Gasteiger partial charge < -0.3 is 19.9 Å². The highest BCUT2D eigenvalue weighted by Crippen LogP contribution is 2.09. The zero-order valence-electron chi connectivity index (χ0n) is 13.5. The number of quaternary nitrogens is 1. The van der Waals surface area contributed by atoms with Crippen molar-refractivity contribution < 1.29 is 22.8 Å². The fourth-order valence-corrected chi connectivity index (χ4v) is 5.27. The van der Waals surface area contributed by atoms with Crippen molar-refractivity contribution in [3.05, 3.63) is 0 Å². The molecule has 0 aromatic rings. The Hall–Kier alpha value is -0.930. The number of piperazine rings is 1. The Morgan fingerprint density at radius 3 is 2.65 bits per heavy atom. The fraction of sp³-hybridized carbons (Fsp3) is 0.857. The molecule has 0 aromatic carbocycles. The second-order valence-corrected chi connectivity index (χ2v) is 8.77. The number of methoxy groups -OCH3 is 1. The van der Waals surface area contributed by atoms with Gasteiger partial charge in [0.15, 0.2) is 14.9 Å². The minimum atomic E-state index is -2.81. The van der Waals surface area contributed by atoms with Gasteiger partial charge in [0.1, 0.15) is 11.8 Å². The molecule has 2 aliphatic rings. The Morgan fingerprint density at radius 1 is 1.39 bits per heavy atom. The van der Waals surface area contributed by atoms with E-state index in [0.29, 0.717) is 36.0 Å². The number of sulfone groups is 1. The first-order valence-electron chi connectivity index (χ1n) is 8.06. The average molecular weight is 365 g/mol. The number of nitrogens with zero attached hydrogens (tertiary/aromatic N) is 1. The van der Waals surface area contributed by atoms with Gasteiger partial charge in [-0.25, -0.2) is 8.42 Å². The topological polar surface area (TPSA) is 80.2 Å². The second kappa shape index (κ2) is 8.25. The van der Waals surface area contributed by atoms with E-state index in [1.165, 1.54) is 12.0 Å². The van der Waals surface area contributed by atoms with Crippen LogP contribution in [0, 0.1) is 0 Å². The molecule has 2 saturated heterocycles. The van der Waals surface area contributed by atoms with E-state index in [9.17, 15) is 13.2 Å². The minimum Gasteiger partial charge on any atom is -0.469 e. The summed E-state index contributed by atoms with van der Waals surface area (Å²) < 4.78 is 27.8. The number of hydrogen-bond acceptors (Lipinski definition) is 5. The number of carbonyl (C=O) groups is 1. The third-order valence-corrected chi connectivity index (χ3v) is 6.73. The lowest BCUT2D eigenvalue weighted by Gasteiger charge is -2.36. The lowest BCUT2D eigenvalue weighted by atomic mass is 10.2. The van der Waals surface area contributed by atoms with Crippen molar-refractivity contribution in [1.29, 1.82) is 0 Å². The molecule has 2 heterocycles. The van der Waals surface area contributed by atoms with E-state index in [4.69, 9.17) is 12.2 Å². The molecule has 0 aromatic heterocycles. The van der Waals surface area contributed by atoms with Crippen LogP contribution in [0.1, 0.15) is 19.3 Å². The summed E-state index contributed by atoms with van der Waals surface area (Å²) >= 11 is 5.38. The van der Waals surface area contributed by atoms with Crippen LogP contribution in [-0.2, 0) is 19.4 Å². The van der Waals surface area contributed by atoms with Crippen molar-refractivity contribution in [1.82, 2.24) is 10.2 Å². The lowest BCUT2D eigenvalue weighted by molar-refractivity contribution is -0.925. The first kappa shape index (κ1) is 18.4. The van der Waals surface area contributed by atoms with Gasteiger partial charge in [-0.05, 0) is 18.6 Å². The number of nitrogens with one attached hydrogen (secondary N) is 2. The Balaban J connectivity index is 1.66. The summed E-state index contributed by atoms with van der Waals surface area (Å²) in [5.74, 6) is 0.463. The van der Waals surface area contributed by atoms with Crippen LogP contribution in [0.3, 0.4) is 0 Å². The van der Waals surface area contributed by atoms with Crippen LogP contribution < -0.4 is 10.2 Å². The fourth-order valence-electron chi connectivity index (χ4n) is 3.16. The Bertz CT molecular complexity index is 530. The van der Waals surface area contributed by atoms with E-state index in [1.54, 1.807) is 0 Å². The van der Waals surface area contributed by atoms with E-state index >= 15 is 0 Å². The molecule has 0 spiro atoms. The van der Waals surface area contributed by atoms with Crippen molar-refractivity contribution in [2.45, 2.75) is 25.3 Å². The molecule has 2 fully saturated rings. The van der Waals surface area contributed by atoms with Gasteiger partial charge in [-0.2, -0.15) is 0 Å². The van der Waals surface area contributed by atoms with Crippen molar-refractivity contribution >= 4 is 33.1 Å². The van der Waals surface area contributed by atoms with E-state index in [-0.39, 0.29) is 12.0 Å². The van der Waals surface area contributed by atoms with Crippen LogP contribution in [-0.4, -0.2) is 81.8 Å². The standard InChI is InChI=1S/C14H25N3O4S2/c1-21-13(18)3-2-5-15-14(22)17-8-6-16(7-9-17)12-4-10-23(19,20)11-12/h12H,2-11H2,1H3,(H,15,22)/p+1/t12-/m1/s1. The predicted octanol–water partition coefficient (Wildman–Crippen LogP) is -1.80. The molecule has 9 heteroatoms. The molecule has 7 nitrogen and oxygen atoms in total. The van der Waals surface area contributed by atoms with Crippen molar-refractivity contribution in [3.8, 4) is 0 Å². The number of thiocarbonyl (C=S) groups is 1. The Morgan fingerprint density at radius 2 is 2.09 bits per heavy atom. The third kappa shape index (κ3) is 5.58. The summed E-state index contributed by atoms with van der Waals surface area (Å²) in [7, 11) is -1.42.